The predicted molar refractivity (Wildman–Crippen MR) is 159 cm³/mol. The molecule has 18 atom stereocenters. The van der Waals surface area contributed by atoms with Gasteiger partial charge in [0.1, 0.15) is 9.74 Å². The third-order valence-corrected chi connectivity index (χ3v) is 22.9. The quantitative estimate of drug-likeness (QED) is 0.421. The first-order valence-electron chi connectivity index (χ1n) is 20.0. The van der Waals surface area contributed by atoms with Gasteiger partial charge in [0, 0.05) is 36.9 Å². The summed E-state index contributed by atoms with van der Waals surface area (Å²) in [5.41, 5.74) is 0. The van der Waals surface area contributed by atoms with Crippen molar-refractivity contribution in [3.8, 4) is 0 Å². The number of hydrogen-bond acceptors (Lipinski definition) is 7. The van der Waals surface area contributed by atoms with Crippen molar-refractivity contribution in [2.24, 2.45) is 152 Å². The van der Waals surface area contributed by atoms with E-state index in [0.29, 0.717) is 12.2 Å². The van der Waals surface area contributed by atoms with Crippen LogP contribution in [0.2, 0.25) is 0 Å². The Bertz CT molecular complexity index is 1320. The van der Waals surface area contributed by atoms with E-state index >= 15 is 0 Å². The second-order valence-electron chi connectivity index (χ2n) is 20.2. The van der Waals surface area contributed by atoms with Crippen LogP contribution in [0.4, 0.5) is 0 Å². The van der Waals surface area contributed by atoms with Crippen molar-refractivity contribution in [1.82, 2.24) is 0 Å². The first-order valence-corrected chi connectivity index (χ1v) is 20.8. The summed E-state index contributed by atoms with van der Waals surface area (Å²) in [6.45, 7) is 1.83. The van der Waals surface area contributed by atoms with Gasteiger partial charge in [-0.2, -0.15) is 10.2 Å². The molecule has 236 valence electrons. The highest BCUT2D eigenvalue weighted by atomic mass is 32.2. The van der Waals surface area contributed by atoms with Crippen molar-refractivity contribution in [2.45, 2.75) is 73.1 Å². The number of ether oxygens (including phenoxy) is 4. The van der Waals surface area contributed by atoms with Crippen LogP contribution in [-0.4, -0.2) is 47.7 Å². The summed E-state index contributed by atoms with van der Waals surface area (Å²) < 4.78 is 26.3. The molecule has 3 aliphatic heterocycles. The van der Waals surface area contributed by atoms with Gasteiger partial charge in [0.15, 0.2) is 12.6 Å². The van der Waals surface area contributed by atoms with Gasteiger partial charge in [-0.05, 0) is 157 Å². The standard InChI is InChI=1S/C38H44N2O4S/c1-3-7-41-9(5-1)43-35-27-11-12-20-22-14(28(12)35)13(27)21-19(11)31(20)37(32(21)22)39-40-38(45-37)33-23-15-16-24(33)26-18-17(25(23)34(26)38)29(15)36(30(16)18)44-10-6-2-4-8-42-10/h9-36H,1-8H2. The molecule has 0 radical (unpaired) electrons. The molecule has 8 bridgehead atoms. The number of azo groups is 1. The van der Waals surface area contributed by atoms with E-state index in [2.05, 4.69) is 11.8 Å². The monoisotopic (exact) mass is 624 g/mol. The minimum Gasteiger partial charge on any atom is -0.353 e. The van der Waals surface area contributed by atoms with Gasteiger partial charge in [-0.25, -0.2) is 0 Å². The topological polar surface area (TPSA) is 61.6 Å². The third kappa shape index (κ3) is 1.82. The largest absolute Gasteiger partial charge is 0.353 e. The molecule has 18 unspecified atom stereocenters. The second kappa shape index (κ2) is 6.53. The molecule has 0 aromatic carbocycles. The van der Waals surface area contributed by atoms with Crippen LogP contribution in [0.5, 0.6) is 0 Å². The molecule has 0 amide bonds. The molecule has 0 N–H and O–H groups in total. The Morgan fingerprint density at radius 3 is 1.04 bits per heavy atom. The highest BCUT2D eigenvalue weighted by molar-refractivity contribution is 8.02. The minimum absolute atomic E-state index is 0.103. The van der Waals surface area contributed by atoms with Crippen molar-refractivity contribution in [3.05, 3.63) is 0 Å². The first-order chi connectivity index (χ1) is 22.3. The molecule has 19 rings (SSSR count). The van der Waals surface area contributed by atoms with Gasteiger partial charge in [-0.3, -0.25) is 0 Å². The molecule has 6 nitrogen and oxygen atoms in total. The fourth-order valence-corrected chi connectivity index (χ4v) is 24.8. The average Bonchev–Trinajstić information content (AvgIpc) is 3.86. The van der Waals surface area contributed by atoms with E-state index in [4.69, 9.17) is 29.2 Å². The van der Waals surface area contributed by atoms with E-state index in [1.165, 1.54) is 25.7 Å². The van der Waals surface area contributed by atoms with Crippen LogP contribution < -0.4 is 0 Å². The smallest absolute Gasteiger partial charge is 0.157 e. The van der Waals surface area contributed by atoms with Crippen LogP contribution in [0.1, 0.15) is 38.5 Å². The molecule has 7 heteroatoms. The Kier molecular flexibility index (Phi) is 3.37. The number of thioether (sulfide) groups is 1. The second-order valence-corrected chi connectivity index (χ2v) is 21.8. The maximum Gasteiger partial charge on any atom is 0.157 e. The van der Waals surface area contributed by atoms with Gasteiger partial charge in [0.25, 0.3) is 0 Å². The van der Waals surface area contributed by atoms with Crippen molar-refractivity contribution >= 4 is 11.8 Å². The molecular weight excluding hydrogens is 580 g/mol. The van der Waals surface area contributed by atoms with Crippen molar-refractivity contribution in [2.75, 3.05) is 13.2 Å². The highest BCUT2D eigenvalue weighted by Crippen LogP contribution is 3.00. The van der Waals surface area contributed by atoms with Crippen LogP contribution in [0.25, 0.3) is 0 Å². The Labute approximate surface area is 268 Å². The molecule has 3 heterocycles. The van der Waals surface area contributed by atoms with E-state index < -0.39 is 0 Å². The van der Waals surface area contributed by atoms with Gasteiger partial charge < -0.3 is 18.9 Å². The van der Waals surface area contributed by atoms with Crippen LogP contribution in [0, 0.1) is 142 Å². The molecule has 19 aliphatic rings. The lowest BCUT2D eigenvalue weighted by Crippen LogP contribution is -2.39. The lowest BCUT2D eigenvalue weighted by Gasteiger charge is -2.35. The number of hydrogen-bond donors (Lipinski definition) is 0. The molecule has 2 spiro atoms. The summed E-state index contributed by atoms with van der Waals surface area (Å²) in [5.74, 6) is 22.5. The summed E-state index contributed by atoms with van der Waals surface area (Å²) in [5, 5.41) is 11.6. The lowest BCUT2D eigenvalue weighted by atomic mass is 9.80. The summed E-state index contributed by atoms with van der Waals surface area (Å²) >= 11 is 2.52. The molecular formula is C38H44N2O4S. The van der Waals surface area contributed by atoms with Crippen molar-refractivity contribution < 1.29 is 18.9 Å². The van der Waals surface area contributed by atoms with Gasteiger partial charge in [0.05, 0.1) is 12.2 Å². The summed E-state index contributed by atoms with van der Waals surface area (Å²) in [4.78, 5) is 0.373. The maximum atomic E-state index is 6.98. The summed E-state index contributed by atoms with van der Waals surface area (Å²) in [7, 11) is 0. The summed E-state index contributed by atoms with van der Waals surface area (Å²) in [6, 6.07) is 0. The Morgan fingerprint density at radius 1 is 0.422 bits per heavy atom. The molecule has 16 saturated carbocycles. The van der Waals surface area contributed by atoms with Gasteiger partial charge in [0.2, 0.25) is 0 Å². The van der Waals surface area contributed by atoms with Gasteiger partial charge >= 0.3 is 0 Å². The molecule has 0 aromatic heterocycles. The Hall–Kier alpha value is -0.210. The van der Waals surface area contributed by atoms with Crippen LogP contribution in [0.3, 0.4) is 0 Å². The number of rotatable bonds is 4. The van der Waals surface area contributed by atoms with E-state index in [1.807, 2.05) is 0 Å². The normalized spacial score (nSPS) is 82.8. The molecule has 2 saturated heterocycles. The molecule has 45 heavy (non-hydrogen) atoms. The van der Waals surface area contributed by atoms with E-state index in [-0.39, 0.29) is 22.3 Å². The molecule has 18 fully saturated rings. The molecule has 0 aromatic rings. The zero-order chi connectivity index (χ0) is 27.8. The molecule has 16 aliphatic carbocycles. The van der Waals surface area contributed by atoms with E-state index in [9.17, 15) is 0 Å². The highest BCUT2D eigenvalue weighted by Gasteiger charge is 3.00. The zero-order valence-corrected chi connectivity index (χ0v) is 26.6. The van der Waals surface area contributed by atoms with E-state index in [0.717, 1.165) is 168 Å². The van der Waals surface area contributed by atoms with E-state index in [1.54, 1.807) is 0 Å². The Morgan fingerprint density at radius 2 is 0.756 bits per heavy atom. The van der Waals surface area contributed by atoms with Gasteiger partial charge in [-0.15, -0.1) is 0 Å². The van der Waals surface area contributed by atoms with Crippen LogP contribution in [-0.2, 0) is 18.9 Å². The number of nitrogens with zero attached hydrogens (tertiary/aromatic N) is 2. The summed E-state index contributed by atoms with van der Waals surface area (Å²) in [6.07, 6.45) is 8.58. The van der Waals surface area contributed by atoms with Gasteiger partial charge in [-0.1, -0.05) is 11.8 Å². The van der Waals surface area contributed by atoms with Crippen LogP contribution in [0.15, 0.2) is 10.2 Å². The predicted octanol–water partition coefficient (Wildman–Crippen LogP) is 5.38. The van der Waals surface area contributed by atoms with Crippen molar-refractivity contribution in [3.63, 3.8) is 0 Å². The lowest BCUT2D eigenvalue weighted by molar-refractivity contribution is -0.199. The minimum atomic E-state index is 0.103. The van der Waals surface area contributed by atoms with Crippen LogP contribution >= 0.6 is 11.8 Å². The fourth-order valence-electron chi connectivity index (χ4n) is 22.4. The zero-order valence-electron chi connectivity index (χ0n) is 25.8. The SMILES string of the molecule is C1CCC(OC2C3C4C5C2C2C3C3C4C4C5C2C3C42N=NC3(S2)C2C4C5C6C(OC7CCCCO7)C7C5C2C2C7C6C4C23)OC1. The first kappa shape index (κ1) is 23.2. The maximum absolute atomic E-state index is 6.98. The average molecular weight is 625 g/mol. The third-order valence-electron chi connectivity index (χ3n) is 21.0. The Balaban J connectivity index is 0.719. The van der Waals surface area contributed by atoms with Crippen molar-refractivity contribution in [1.29, 1.82) is 0 Å². The fraction of sp³-hybridized carbons (Fsp3) is 1.00.